The van der Waals surface area contributed by atoms with Crippen molar-refractivity contribution < 1.29 is 9.53 Å². The van der Waals surface area contributed by atoms with Crippen LogP contribution in [-0.2, 0) is 4.74 Å². The van der Waals surface area contributed by atoms with Gasteiger partial charge >= 0.3 is 5.97 Å². The first-order valence-electron chi connectivity index (χ1n) is 5.26. The van der Waals surface area contributed by atoms with Gasteiger partial charge in [0.1, 0.15) is 5.82 Å². The number of nitrogens with two attached hydrogens (primary N) is 1. The fourth-order valence-electron chi connectivity index (χ4n) is 1.24. The summed E-state index contributed by atoms with van der Waals surface area (Å²) in [4.78, 5) is 15.4. The lowest BCUT2D eigenvalue weighted by atomic mass is 10.2. The first-order chi connectivity index (χ1) is 7.69. The monoisotopic (exact) mass is 223 g/mol. The minimum atomic E-state index is -0.446. The lowest BCUT2D eigenvalue weighted by Gasteiger charge is -2.08. The summed E-state index contributed by atoms with van der Waals surface area (Å²) in [5.74, 6) is 0.196. The number of carbonyl (C=O) groups is 1. The van der Waals surface area contributed by atoms with Crippen LogP contribution in [0, 0.1) is 0 Å². The molecule has 0 aliphatic carbocycles. The first kappa shape index (κ1) is 12.3. The maximum Gasteiger partial charge on any atom is 0.340 e. The van der Waals surface area contributed by atoms with Gasteiger partial charge in [0.05, 0.1) is 24.6 Å². The van der Waals surface area contributed by atoms with Crippen LogP contribution in [0.4, 0.5) is 11.5 Å². The van der Waals surface area contributed by atoms with E-state index in [0.717, 1.165) is 19.4 Å². The molecule has 0 unspecified atom stereocenters. The molecule has 1 aromatic rings. The molecule has 0 radical (unpaired) electrons. The molecule has 0 atom stereocenters. The zero-order valence-corrected chi connectivity index (χ0v) is 9.62. The fourth-order valence-corrected chi connectivity index (χ4v) is 1.24. The number of hydrogen-bond donors (Lipinski definition) is 2. The van der Waals surface area contributed by atoms with Gasteiger partial charge in [0, 0.05) is 6.54 Å². The van der Waals surface area contributed by atoms with E-state index in [1.54, 1.807) is 6.07 Å². The van der Waals surface area contributed by atoms with Gasteiger partial charge in [-0.15, -0.1) is 0 Å². The molecule has 3 N–H and O–H groups in total. The fraction of sp³-hybridized carbons (Fsp3) is 0.455. The van der Waals surface area contributed by atoms with Crippen molar-refractivity contribution in [1.82, 2.24) is 4.98 Å². The van der Waals surface area contributed by atoms with Crippen LogP contribution in [0.15, 0.2) is 12.3 Å². The summed E-state index contributed by atoms with van der Waals surface area (Å²) in [7, 11) is 1.33. The Hall–Kier alpha value is -1.78. The number of hydrogen-bond acceptors (Lipinski definition) is 5. The number of carbonyl (C=O) groups excluding carboxylic acids is 1. The molecule has 0 saturated heterocycles. The molecule has 5 nitrogen and oxygen atoms in total. The van der Waals surface area contributed by atoms with E-state index in [0.29, 0.717) is 17.1 Å². The third kappa shape index (κ3) is 3.12. The molecule has 88 valence electrons. The van der Waals surface area contributed by atoms with Crippen molar-refractivity contribution in [1.29, 1.82) is 0 Å². The third-order valence-electron chi connectivity index (χ3n) is 2.18. The Morgan fingerprint density at radius 1 is 1.62 bits per heavy atom. The van der Waals surface area contributed by atoms with Crippen molar-refractivity contribution in [2.75, 3.05) is 24.7 Å². The van der Waals surface area contributed by atoms with Gasteiger partial charge in [-0.05, 0) is 12.5 Å². The summed E-state index contributed by atoms with van der Waals surface area (Å²) in [6.07, 6.45) is 3.62. The normalized spacial score (nSPS) is 9.88. The molecular formula is C11H17N3O2. The van der Waals surface area contributed by atoms with Crippen molar-refractivity contribution in [3.05, 3.63) is 17.8 Å². The molecule has 5 heteroatoms. The molecule has 0 aliphatic rings. The number of ether oxygens (including phenoxy) is 1. The Morgan fingerprint density at radius 3 is 3.00 bits per heavy atom. The van der Waals surface area contributed by atoms with Gasteiger partial charge in [-0.2, -0.15) is 0 Å². The highest BCUT2D eigenvalue weighted by molar-refractivity contribution is 5.95. The lowest BCUT2D eigenvalue weighted by Crippen LogP contribution is -2.09. The second-order valence-electron chi connectivity index (χ2n) is 3.43. The largest absolute Gasteiger partial charge is 0.465 e. The van der Waals surface area contributed by atoms with Crippen LogP contribution < -0.4 is 11.1 Å². The maximum atomic E-state index is 11.4. The quantitative estimate of drug-likeness (QED) is 0.586. The molecule has 16 heavy (non-hydrogen) atoms. The summed E-state index contributed by atoms with van der Waals surface area (Å²) in [6.45, 7) is 2.94. The minimum Gasteiger partial charge on any atom is -0.465 e. The van der Waals surface area contributed by atoms with Crippen LogP contribution in [0.2, 0.25) is 0 Å². The number of anilines is 2. The van der Waals surface area contributed by atoms with Crippen LogP contribution in [0.5, 0.6) is 0 Å². The second-order valence-corrected chi connectivity index (χ2v) is 3.43. The molecule has 0 fully saturated rings. The molecule has 0 aliphatic heterocycles. The Balaban J connectivity index is 2.77. The predicted molar refractivity (Wildman–Crippen MR) is 63.4 cm³/mol. The Bertz CT molecular complexity index is 366. The standard InChI is InChI=1S/C11H17N3O2/c1-3-4-5-13-10-6-8(11(15)16-2)9(12)7-14-10/h6-7H,3-5,12H2,1-2H3,(H,13,14). The number of esters is 1. The molecule has 1 aromatic heterocycles. The molecule has 0 saturated carbocycles. The highest BCUT2D eigenvalue weighted by Gasteiger charge is 2.11. The number of unbranched alkanes of at least 4 members (excludes halogenated alkanes) is 1. The Morgan fingerprint density at radius 2 is 2.38 bits per heavy atom. The van der Waals surface area contributed by atoms with Gasteiger partial charge in [0.2, 0.25) is 0 Å². The highest BCUT2D eigenvalue weighted by Crippen LogP contribution is 2.15. The lowest BCUT2D eigenvalue weighted by molar-refractivity contribution is 0.0602. The van der Waals surface area contributed by atoms with Crippen LogP contribution in [-0.4, -0.2) is 24.6 Å². The van der Waals surface area contributed by atoms with Gasteiger partial charge in [-0.3, -0.25) is 0 Å². The number of methoxy groups -OCH3 is 1. The van der Waals surface area contributed by atoms with Crippen molar-refractivity contribution in [2.24, 2.45) is 0 Å². The molecule has 0 aromatic carbocycles. The van der Waals surface area contributed by atoms with Crippen molar-refractivity contribution >= 4 is 17.5 Å². The average molecular weight is 223 g/mol. The van der Waals surface area contributed by atoms with E-state index in [-0.39, 0.29) is 0 Å². The minimum absolute atomic E-state index is 0.327. The molecule has 1 rings (SSSR count). The third-order valence-corrected chi connectivity index (χ3v) is 2.18. The van der Waals surface area contributed by atoms with Crippen molar-refractivity contribution in [3.63, 3.8) is 0 Å². The Labute approximate surface area is 95.0 Å². The zero-order valence-electron chi connectivity index (χ0n) is 9.62. The van der Waals surface area contributed by atoms with Crippen molar-refractivity contribution in [2.45, 2.75) is 19.8 Å². The number of aromatic nitrogens is 1. The molecule has 0 amide bonds. The molecule has 1 heterocycles. The predicted octanol–water partition coefficient (Wildman–Crippen LogP) is 1.66. The SMILES string of the molecule is CCCCNc1cc(C(=O)OC)c(N)cn1. The second kappa shape index (κ2) is 5.95. The van der Waals surface area contributed by atoms with E-state index in [1.807, 2.05) is 0 Å². The Kier molecular flexibility index (Phi) is 4.57. The first-order valence-corrected chi connectivity index (χ1v) is 5.26. The van der Waals surface area contributed by atoms with Gasteiger partial charge in [0.25, 0.3) is 0 Å². The van der Waals surface area contributed by atoms with E-state index in [1.165, 1.54) is 13.3 Å². The number of nitrogen functional groups attached to an aromatic ring is 1. The van der Waals surface area contributed by atoms with E-state index in [9.17, 15) is 4.79 Å². The number of pyridine rings is 1. The van der Waals surface area contributed by atoms with E-state index < -0.39 is 5.97 Å². The van der Waals surface area contributed by atoms with Gasteiger partial charge in [0.15, 0.2) is 0 Å². The summed E-state index contributed by atoms with van der Waals surface area (Å²) in [6, 6.07) is 1.61. The van der Waals surface area contributed by atoms with Crippen LogP contribution in [0.1, 0.15) is 30.1 Å². The molecule has 0 bridgehead atoms. The zero-order chi connectivity index (χ0) is 12.0. The van der Waals surface area contributed by atoms with Gasteiger partial charge in [-0.25, -0.2) is 9.78 Å². The topological polar surface area (TPSA) is 77.2 Å². The van der Waals surface area contributed by atoms with Crippen LogP contribution in [0.25, 0.3) is 0 Å². The molecular weight excluding hydrogens is 206 g/mol. The van der Waals surface area contributed by atoms with Gasteiger partial charge < -0.3 is 15.8 Å². The average Bonchev–Trinajstić information content (AvgIpc) is 2.30. The van der Waals surface area contributed by atoms with E-state index >= 15 is 0 Å². The van der Waals surface area contributed by atoms with Crippen LogP contribution >= 0.6 is 0 Å². The number of rotatable bonds is 5. The summed E-state index contributed by atoms with van der Waals surface area (Å²) in [5, 5.41) is 3.12. The summed E-state index contributed by atoms with van der Waals surface area (Å²) in [5.41, 5.74) is 6.30. The van der Waals surface area contributed by atoms with Crippen LogP contribution in [0.3, 0.4) is 0 Å². The summed E-state index contributed by atoms with van der Waals surface area (Å²) < 4.78 is 4.62. The smallest absolute Gasteiger partial charge is 0.340 e. The highest BCUT2D eigenvalue weighted by atomic mass is 16.5. The van der Waals surface area contributed by atoms with E-state index in [2.05, 4.69) is 22.0 Å². The number of nitrogens with zero attached hydrogens (tertiary/aromatic N) is 1. The maximum absolute atomic E-state index is 11.4. The summed E-state index contributed by atoms with van der Waals surface area (Å²) >= 11 is 0. The number of nitrogens with one attached hydrogen (secondary N) is 1. The van der Waals surface area contributed by atoms with E-state index in [4.69, 9.17) is 5.73 Å². The van der Waals surface area contributed by atoms with Crippen molar-refractivity contribution in [3.8, 4) is 0 Å². The van der Waals surface area contributed by atoms with Gasteiger partial charge in [-0.1, -0.05) is 13.3 Å². The molecule has 0 spiro atoms.